The molecule has 0 fully saturated rings. The maximum absolute atomic E-state index is 12.2. The summed E-state index contributed by atoms with van der Waals surface area (Å²) in [6, 6.07) is 19.2. The number of esters is 1. The minimum absolute atomic E-state index is 0.102. The maximum atomic E-state index is 12.2. The number of ether oxygens (including phenoxy) is 1. The van der Waals surface area contributed by atoms with Crippen LogP contribution in [0.4, 0.5) is 0 Å². The van der Waals surface area contributed by atoms with Gasteiger partial charge in [0.2, 0.25) is 0 Å². The molecule has 23 heavy (non-hydrogen) atoms. The van der Waals surface area contributed by atoms with E-state index >= 15 is 0 Å². The van der Waals surface area contributed by atoms with E-state index in [-0.39, 0.29) is 11.5 Å². The van der Waals surface area contributed by atoms with Gasteiger partial charge in [-0.15, -0.1) is 0 Å². The summed E-state index contributed by atoms with van der Waals surface area (Å²) in [4.78, 5) is 12.2. The predicted molar refractivity (Wildman–Crippen MR) is 98.7 cm³/mol. The topological polar surface area (TPSA) is 26.3 Å². The Kier molecular flexibility index (Phi) is 5.78. The first kappa shape index (κ1) is 17.5. The molecule has 0 unspecified atom stereocenters. The van der Waals surface area contributed by atoms with Crippen molar-refractivity contribution in [1.29, 1.82) is 0 Å². The van der Waals surface area contributed by atoms with Gasteiger partial charge in [-0.2, -0.15) is 0 Å². The quantitative estimate of drug-likeness (QED) is 0.588. The second-order valence-electron chi connectivity index (χ2n) is 6.56. The molecule has 0 aliphatic carbocycles. The summed E-state index contributed by atoms with van der Waals surface area (Å²) in [5.41, 5.74) is 2.69. The highest BCUT2D eigenvalue weighted by Crippen LogP contribution is 2.31. The average Bonchev–Trinajstić information content (AvgIpc) is 2.55. The normalized spacial score (nSPS) is 12.7. The SMILES string of the molecule is CCOC(=O)C[C@@H](c1ccc(C)cc1)[Si](C)(C)c1ccccc1. The predicted octanol–water partition coefficient (Wildman–Crippen LogP) is 4.19. The van der Waals surface area contributed by atoms with Crippen molar-refractivity contribution in [3.63, 3.8) is 0 Å². The van der Waals surface area contributed by atoms with Gasteiger partial charge in [0.05, 0.1) is 21.1 Å². The molecule has 0 spiro atoms. The van der Waals surface area contributed by atoms with Crippen LogP contribution in [0.1, 0.15) is 30.0 Å². The molecular weight excluding hydrogens is 300 g/mol. The van der Waals surface area contributed by atoms with Gasteiger partial charge in [0.25, 0.3) is 0 Å². The summed E-state index contributed by atoms with van der Waals surface area (Å²) in [5, 5.41) is 1.37. The smallest absolute Gasteiger partial charge is 0.306 e. The zero-order valence-corrected chi connectivity index (χ0v) is 15.5. The van der Waals surface area contributed by atoms with Crippen LogP contribution in [0.15, 0.2) is 54.6 Å². The molecule has 2 aromatic rings. The minimum atomic E-state index is -1.86. The molecule has 3 heteroatoms. The summed E-state index contributed by atoms with van der Waals surface area (Å²) in [5.74, 6) is -0.102. The third-order valence-corrected chi connectivity index (χ3v) is 8.65. The van der Waals surface area contributed by atoms with E-state index in [0.29, 0.717) is 13.0 Å². The Hall–Kier alpha value is -1.87. The molecule has 1 atom stereocenters. The van der Waals surface area contributed by atoms with E-state index in [1.54, 1.807) is 0 Å². The molecule has 0 aliphatic rings. The molecule has 0 N–H and O–H groups in total. The number of carbonyl (C=O) groups excluding carboxylic acids is 1. The summed E-state index contributed by atoms with van der Waals surface area (Å²) in [6.07, 6.45) is 0.449. The van der Waals surface area contributed by atoms with Crippen molar-refractivity contribution in [3.05, 3.63) is 65.7 Å². The van der Waals surface area contributed by atoms with Crippen LogP contribution in [-0.4, -0.2) is 20.7 Å². The summed E-state index contributed by atoms with van der Waals surface area (Å²) >= 11 is 0. The van der Waals surface area contributed by atoms with E-state index in [9.17, 15) is 4.79 Å². The molecule has 0 heterocycles. The molecule has 2 aromatic carbocycles. The Morgan fingerprint density at radius 3 is 2.22 bits per heavy atom. The molecule has 2 nitrogen and oxygen atoms in total. The lowest BCUT2D eigenvalue weighted by Crippen LogP contribution is -2.48. The zero-order valence-electron chi connectivity index (χ0n) is 14.5. The van der Waals surface area contributed by atoms with Crippen LogP contribution in [-0.2, 0) is 9.53 Å². The molecule has 0 aliphatic heterocycles. The van der Waals surface area contributed by atoms with Crippen molar-refractivity contribution in [2.45, 2.75) is 38.9 Å². The van der Waals surface area contributed by atoms with Gasteiger partial charge in [0.1, 0.15) is 0 Å². The first-order valence-electron chi connectivity index (χ1n) is 8.23. The maximum Gasteiger partial charge on any atom is 0.306 e. The van der Waals surface area contributed by atoms with E-state index in [2.05, 4.69) is 68.5 Å². The van der Waals surface area contributed by atoms with Gasteiger partial charge in [0, 0.05) is 0 Å². The lowest BCUT2D eigenvalue weighted by molar-refractivity contribution is -0.143. The number of aryl methyl sites for hydroxylation is 1. The number of hydrogen-bond donors (Lipinski definition) is 0. The van der Waals surface area contributed by atoms with Gasteiger partial charge in [-0.05, 0) is 25.0 Å². The average molecular weight is 327 g/mol. The van der Waals surface area contributed by atoms with Crippen LogP contribution < -0.4 is 5.19 Å². The zero-order chi connectivity index (χ0) is 16.9. The first-order valence-corrected chi connectivity index (χ1v) is 11.3. The Labute approximate surface area is 140 Å². The first-order chi connectivity index (χ1) is 10.9. The monoisotopic (exact) mass is 326 g/mol. The van der Waals surface area contributed by atoms with Gasteiger partial charge in [-0.1, -0.05) is 78.4 Å². The van der Waals surface area contributed by atoms with Crippen LogP contribution in [0.2, 0.25) is 13.1 Å². The third kappa shape index (κ3) is 4.32. The highest BCUT2D eigenvalue weighted by molar-refractivity contribution is 6.91. The molecule has 0 bridgehead atoms. The second kappa shape index (κ2) is 7.60. The van der Waals surface area contributed by atoms with Gasteiger partial charge in [-0.25, -0.2) is 0 Å². The van der Waals surface area contributed by atoms with Gasteiger partial charge in [0.15, 0.2) is 0 Å². The van der Waals surface area contributed by atoms with Crippen LogP contribution in [0.5, 0.6) is 0 Å². The van der Waals surface area contributed by atoms with Crippen molar-refractivity contribution >= 4 is 19.2 Å². The lowest BCUT2D eigenvalue weighted by atomic mass is 10.1. The summed E-state index contributed by atoms with van der Waals surface area (Å²) < 4.78 is 5.23. The highest BCUT2D eigenvalue weighted by Gasteiger charge is 2.36. The Balaban J connectivity index is 2.39. The third-order valence-electron chi connectivity index (χ3n) is 4.54. The standard InChI is InChI=1S/C20H26O2Si/c1-5-22-20(21)15-19(17-13-11-16(2)12-14-17)23(3,4)18-9-7-6-8-10-18/h6-14,19H,5,15H2,1-4H3/t19-/m0/s1. The fourth-order valence-corrected chi connectivity index (χ4v) is 6.20. The fourth-order valence-electron chi connectivity index (χ4n) is 3.04. The number of hydrogen-bond acceptors (Lipinski definition) is 2. The molecule has 0 saturated carbocycles. The van der Waals surface area contributed by atoms with E-state index in [4.69, 9.17) is 4.74 Å². The lowest BCUT2D eigenvalue weighted by Gasteiger charge is -2.33. The molecule has 2 rings (SSSR count). The summed E-state index contributed by atoms with van der Waals surface area (Å²) in [6.45, 7) is 9.06. The molecule has 0 radical (unpaired) electrons. The Bertz CT molecular complexity index is 632. The molecular formula is C20H26O2Si. The van der Waals surface area contributed by atoms with E-state index in [0.717, 1.165) is 0 Å². The number of benzene rings is 2. The number of rotatable bonds is 6. The van der Waals surface area contributed by atoms with Crippen molar-refractivity contribution in [1.82, 2.24) is 0 Å². The van der Waals surface area contributed by atoms with Crippen LogP contribution in [0.3, 0.4) is 0 Å². The van der Waals surface area contributed by atoms with Gasteiger partial charge < -0.3 is 4.74 Å². The van der Waals surface area contributed by atoms with Crippen molar-refractivity contribution in [2.24, 2.45) is 0 Å². The van der Waals surface area contributed by atoms with Crippen molar-refractivity contribution < 1.29 is 9.53 Å². The Morgan fingerprint density at radius 1 is 1.04 bits per heavy atom. The van der Waals surface area contributed by atoms with E-state index in [1.807, 2.05) is 13.0 Å². The van der Waals surface area contributed by atoms with Crippen LogP contribution >= 0.6 is 0 Å². The highest BCUT2D eigenvalue weighted by atomic mass is 28.3. The van der Waals surface area contributed by atoms with Crippen molar-refractivity contribution in [2.75, 3.05) is 6.61 Å². The van der Waals surface area contributed by atoms with Crippen LogP contribution in [0.25, 0.3) is 0 Å². The Morgan fingerprint density at radius 2 is 1.65 bits per heavy atom. The second-order valence-corrected chi connectivity index (χ2v) is 11.3. The van der Waals surface area contributed by atoms with Gasteiger partial charge >= 0.3 is 5.97 Å². The van der Waals surface area contributed by atoms with E-state index < -0.39 is 8.07 Å². The molecule has 0 saturated heterocycles. The number of carbonyl (C=O) groups is 1. The minimum Gasteiger partial charge on any atom is -0.466 e. The largest absolute Gasteiger partial charge is 0.466 e. The van der Waals surface area contributed by atoms with Gasteiger partial charge in [-0.3, -0.25) is 4.79 Å². The fraction of sp³-hybridized carbons (Fsp3) is 0.350. The molecule has 0 aromatic heterocycles. The summed E-state index contributed by atoms with van der Waals surface area (Å²) in [7, 11) is -1.86. The van der Waals surface area contributed by atoms with Crippen molar-refractivity contribution in [3.8, 4) is 0 Å². The molecule has 122 valence electrons. The van der Waals surface area contributed by atoms with Crippen LogP contribution in [0, 0.1) is 6.92 Å². The van der Waals surface area contributed by atoms with E-state index in [1.165, 1.54) is 16.3 Å². The molecule has 0 amide bonds.